The minimum Gasteiger partial charge on any atom is -0.315 e. The minimum atomic E-state index is 0.734. The predicted molar refractivity (Wildman–Crippen MR) is 51.2 cm³/mol. The van der Waals surface area contributed by atoms with E-state index >= 15 is 0 Å². The fourth-order valence-corrected chi connectivity index (χ4v) is 2.74. The summed E-state index contributed by atoms with van der Waals surface area (Å²) in [5.74, 6) is 0.946. The molecule has 70 valence electrons. The third-order valence-corrected chi connectivity index (χ3v) is 3.38. The second kappa shape index (κ2) is 3.35. The van der Waals surface area contributed by atoms with Gasteiger partial charge in [-0.2, -0.15) is 0 Å². The molecule has 2 heterocycles. The summed E-state index contributed by atoms with van der Waals surface area (Å²) < 4.78 is 0. The van der Waals surface area contributed by atoms with Gasteiger partial charge in [0.15, 0.2) is 0 Å². The van der Waals surface area contributed by atoms with Crippen molar-refractivity contribution < 1.29 is 0 Å². The summed E-state index contributed by atoms with van der Waals surface area (Å²) >= 11 is 0. The van der Waals surface area contributed by atoms with Crippen molar-refractivity contribution in [2.75, 3.05) is 19.6 Å². The Morgan fingerprint density at radius 3 is 2.92 bits per heavy atom. The van der Waals surface area contributed by atoms with E-state index in [2.05, 4.69) is 24.1 Å². The van der Waals surface area contributed by atoms with Crippen LogP contribution in [0.15, 0.2) is 0 Å². The summed E-state index contributed by atoms with van der Waals surface area (Å²) in [7, 11) is 0. The molecule has 2 heteroatoms. The first-order chi connectivity index (χ1) is 5.79. The Hall–Kier alpha value is -0.0800. The highest BCUT2D eigenvalue weighted by atomic mass is 15.2. The molecule has 2 rings (SSSR count). The van der Waals surface area contributed by atoms with Gasteiger partial charge in [0.05, 0.1) is 0 Å². The monoisotopic (exact) mass is 168 g/mol. The van der Waals surface area contributed by atoms with E-state index in [1.807, 2.05) is 0 Å². The van der Waals surface area contributed by atoms with Crippen molar-refractivity contribution in [3.05, 3.63) is 0 Å². The van der Waals surface area contributed by atoms with E-state index in [0.29, 0.717) is 0 Å². The fraction of sp³-hybridized carbons (Fsp3) is 1.00. The number of piperidine rings is 1. The van der Waals surface area contributed by atoms with E-state index < -0.39 is 0 Å². The van der Waals surface area contributed by atoms with E-state index in [0.717, 1.165) is 18.0 Å². The molecule has 2 fully saturated rings. The van der Waals surface area contributed by atoms with Gasteiger partial charge in [-0.15, -0.1) is 0 Å². The zero-order chi connectivity index (χ0) is 8.55. The van der Waals surface area contributed by atoms with Gasteiger partial charge in [0.25, 0.3) is 0 Å². The van der Waals surface area contributed by atoms with Gasteiger partial charge in [0.2, 0.25) is 0 Å². The maximum Gasteiger partial charge on any atom is 0.0263 e. The van der Waals surface area contributed by atoms with Gasteiger partial charge in [0, 0.05) is 18.6 Å². The second-order valence-electron chi connectivity index (χ2n) is 4.46. The topological polar surface area (TPSA) is 15.3 Å². The molecule has 2 atom stereocenters. The molecular formula is C10H20N2. The highest BCUT2D eigenvalue weighted by molar-refractivity contribution is 4.92. The van der Waals surface area contributed by atoms with Crippen LogP contribution >= 0.6 is 0 Å². The summed E-state index contributed by atoms with van der Waals surface area (Å²) in [5.41, 5.74) is 0. The molecule has 2 aliphatic rings. The maximum absolute atomic E-state index is 3.51. The van der Waals surface area contributed by atoms with E-state index in [4.69, 9.17) is 0 Å². The Balaban J connectivity index is 2.03. The number of nitrogens with one attached hydrogen (secondary N) is 1. The standard InChI is InChI=1S/C10H20N2/c1-8(2)12-5-3-4-9-6-11-7-10(9)12/h8-11H,3-7H2,1-2H3. The molecule has 1 N–H and O–H groups in total. The summed E-state index contributed by atoms with van der Waals surface area (Å²) in [6, 6.07) is 1.58. The van der Waals surface area contributed by atoms with Gasteiger partial charge in [-0.3, -0.25) is 4.90 Å². The molecule has 0 aromatic heterocycles. The van der Waals surface area contributed by atoms with E-state index in [-0.39, 0.29) is 0 Å². The van der Waals surface area contributed by atoms with Crippen LogP contribution in [0.2, 0.25) is 0 Å². The van der Waals surface area contributed by atoms with Crippen LogP contribution in [0.3, 0.4) is 0 Å². The average molecular weight is 168 g/mol. The lowest BCUT2D eigenvalue weighted by Crippen LogP contribution is -2.48. The van der Waals surface area contributed by atoms with Gasteiger partial charge in [0.1, 0.15) is 0 Å². The number of hydrogen-bond donors (Lipinski definition) is 1. The molecule has 0 amide bonds. The highest BCUT2D eigenvalue weighted by Gasteiger charge is 2.35. The van der Waals surface area contributed by atoms with Crippen LogP contribution in [0.1, 0.15) is 26.7 Å². The summed E-state index contributed by atoms with van der Waals surface area (Å²) in [6.45, 7) is 8.44. The first-order valence-electron chi connectivity index (χ1n) is 5.25. The van der Waals surface area contributed by atoms with Gasteiger partial charge in [-0.25, -0.2) is 0 Å². The van der Waals surface area contributed by atoms with Crippen molar-refractivity contribution in [1.82, 2.24) is 10.2 Å². The lowest BCUT2D eigenvalue weighted by Gasteiger charge is -2.39. The molecule has 0 spiro atoms. The molecule has 0 saturated carbocycles. The van der Waals surface area contributed by atoms with Crippen LogP contribution in [0.25, 0.3) is 0 Å². The first kappa shape index (κ1) is 8.52. The van der Waals surface area contributed by atoms with Crippen LogP contribution < -0.4 is 5.32 Å². The Morgan fingerprint density at radius 1 is 1.33 bits per heavy atom. The third kappa shape index (κ3) is 1.38. The molecular weight excluding hydrogens is 148 g/mol. The van der Waals surface area contributed by atoms with E-state index in [9.17, 15) is 0 Å². The molecule has 0 bridgehead atoms. The van der Waals surface area contributed by atoms with Crippen molar-refractivity contribution >= 4 is 0 Å². The number of hydrogen-bond acceptors (Lipinski definition) is 2. The molecule has 0 radical (unpaired) electrons. The van der Waals surface area contributed by atoms with Gasteiger partial charge in [-0.05, 0) is 45.7 Å². The van der Waals surface area contributed by atoms with Crippen LogP contribution in [-0.4, -0.2) is 36.6 Å². The van der Waals surface area contributed by atoms with E-state index in [1.54, 1.807) is 0 Å². The Kier molecular flexibility index (Phi) is 2.37. The summed E-state index contributed by atoms with van der Waals surface area (Å²) in [4.78, 5) is 2.67. The smallest absolute Gasteiger partial charge is 0.0263 e. The molecule has 12 heavy (non-hydrogen) atoms. The minimum absolute atomic E-state index is 0.734. The maximum atomic E-state index is 3.51. The van der Waals surface area contributed by atoms with E-state index in [1.165, 1.54) is 32.5 Å². The van der Waals surface area contributed by atoms with Gasteiger partial charge in [-0.1, -0.05) is 0 Å². The SMILES string of the molecule is CC(C)N1CCCC2CNCC21. The molecule has 2 aliphatic heterocycles. The second-order valence-corrected chi connectivity index (χ2v) is 4.46. The van der Waals surface area contributed by atoms with Crippen molar-refractivity contribution in [3.63, 3.8) is 0 Å². The predicted octanol–water partition coefficient (Wildman–Crippen LogP) is 1.08. The summed E-state index contributed by atoms with van der Waals surface area (Å²) in [5, 5.41) is 3.51. The van der Waals surface area contributed by atoms with Crippen LogP contribution in [-0.2, 0) is 0 Å². The Morgan fingerprint density at radius 2 is 2.17 bits per heavy atom. The quantitative estimate of drug-likeness (QED) is 0.630. The number of likely N-dealkylation sites (tertiary alicyclic amines) is 1. The highest BCUT2D eigenvalue weighted by Crippen LogP contribution is 2.27. The Labute approximate surface area is 75.3 Å². The van der Waals surface area contributed by atoms with Crippen molar-refractivity contribution in [2.24, 2.45) is 5.92 Å². The number of nitrogens with zero attached hydrogens (tertiary/aromatic N) is 1. The summed E-state index contributed by atoms with van der Waals surface area (Å²) in [6.07, 6.45) is 2.85. The zero-order valence-corrected chi connectivity index (χ0v) is 8.21. The third-order valence-electron chi connectivity index (χ3n) is 3.38. The Bertz CT molecular complexity index is 156. The van der Waals surface area contributed by atoms with Crippen molar-refractivity contribution in [1.29, 1.82) is 0 Å². The molecule has 2 saturated heterocycles. The van der Waals surface area contributed by atoms with Crippen molar-refractivity contribution in [2.45, 2.75) is 38.8 Å². The van der Waals surface area contributed by atoms with Gasteiger partial charge >= 0.3 is 0 Å². The first-order valence-corrected chi connectivity index (χ1v) is 5.25. The molecule has 2 nitrogen and oxygen atoms in total. The fourth-order valence-electron chi connectivity index (χ4n) is 2.74. The molecule has 0 aromatic carbocycles. The number of rotatable bonds is 1. The van der Waals surface area contributed by atoms with Crippen LogP contribution in [0.4, 0.5) is 0 Å². The van der Waals surface area contributed by atoms with Crippen LogP contribution in [0.5, 0.6) is 0 Å². The molecule has 0 aromatic rings. The lowest BCUT2D eigenvalue weighted by atomic mass is 9.91. The van der Waals surface area contributed by atoms with Crippen molar-refractivity contribution in [3.8, 4) is 0 Å². The van der Waals surface area contributed by atoms with Crippen LogP contribution in [0, 0.1) is 5.92 Å². The lowest BCUT2D eigenvalue weighted by molar-refractivity contribution is 0.0927. The zero-order valence-electron chi connectivity index (χ0n) is 8.21. The molecule has 0 aliphatic carbocycles. The average Bonchev–Trinajstić information content (AvgIpc) is 2.49. The number of fused-ring (bicyclic) bond motifs is 1. The van der Waals surface area contributed by atoms with Gasteiger partial charge < -0.3 is 5.32 Å². The largest absolute Gasteiger partial charge is 0.315 e. The normalized spacial score (nSPS) is 37.2. The molecule has 2 unspecified atom stereocenters.